The molecule has 0 aromatic heterocycles. The van der Waals surface area contributed by atoms with Gasteiger partial charge in [0.15, 0.2) is 5.96 Å². The van der Waals surface area contributed by atoms with Gasteiger partial charge >= 0.3 is 0 Å². The summed E-state index contributed by atoms with van der Waals surface area (Å²) < 4.78 is 19.0. The molecule has 8 heteroatoms. The fourth-order valence-corrected chi connectivity index (χ4v) is 3.94. The third kappa shape index (κ3) is 8.84. The first kappa shape index (κ1) is 27.5. The summed E-state index contributed by atoms with van der Waals surface area (Å²) in [6.45, 7) is 8.17. The van der Waals surface area contributed by atoms with E-state index in [1.54, 1.807) is 0 Å². The van der Waals surface area contributed by atoms with E-state index in [4.69, 9.17) is 9.73 Å². The van der Waals surface area contributed by atoms with Crippen molar-refractivity contribution in [2.45, 2.75) is 26.1 Å². The lowest BCUT2D eigenvalue weighted by atomic mass is 10.0. The predicted octanol–water partition coefficient (Wildman–Crippen LogP) is 3.63. The highest BCUT2D eigenvalue weighted by Crippen LogP contribution is 2.21. The number of rotatable bonds is 9. The zero-order chi connectivity index (χ0) is 22.8. The summed E-state index contributed by atoms with van der Waals surface area (Å²) in [5, 5.41) is 6.87. The second-order valence-electron chi connectivity index (χ2n) is 8.30. The van der Waals surface area contributed by atoms with Crippen LogP contribution in [-0.2, 0) is 17.8 Å². The Morgan fingerprint density at radius 3 is 2.36 bits per heavy atom. The number of hydrogen-bond acceptors (Lipinski definition) is 4. The van der Waals surface area contributed by atoms with Crippen LogP contribution in [0.1, 0.15) is 29.7 Å². The zero-order valence-electron chi connectivity index (χ0n) is 19.9. The first-order valence-electron chi connectivity index (χ1n) is 11.4. The number of nitrogens with one attached hydrogen (secondary N) is 2. The zero-order valence-corrected chi connectivity index (χ0v) is 22.2. The van der Waals surface area contributed by atoms with Crippen molar-refractivity contribution in [2.75, 3.05) is 53.5 Å². The van der Waals surface area contributed by atoms with Crippen molar-refractivity contribution in [2.24, 2.45) is 4.99 Å². The maximum atomic E-state index is 13.5. The van der Waals surface area contributed by atoms with Crippen LogP contribution in [0.2, 0.25) is 0 Å². The van der Waals surface area contributed by atoms with Gasteiger partial charge in [-0.15, -0.1) is 24.0 Å². The van der Waals surface area contributed by atoms with E-state index >= 15 is 0 Å². The van der Waals surface area contributed by atoms with Crippen LogP contribution >= 0.6 is 24.0 Å². The molecule has 0 aliphatic carbocycles. The average Bonchev–Trinajstić information content (AvgIpc) is 2.80. The number of ether oxygens (including phenoxy) is 1. The fraction of sp³-hybridized carbons (Fsp3) is 0.480. The molecule has 1 heterocycles. The fourth-order valence-electron chi connectivity index (χ4n) is 3.94. The Bertz CT molecular complexity index is 856. The molecule has 2 aromatic carbocycles. The van der Waals surface area contributed by atoms with Crippen molar-refractivity contribution in [1.82, 2.24) is 20.4 Å². The molecule has 1 unspecified atom stereocenters. The largest absolute Gasteiger partial charge is 0.379 e. The van der Waals surface area contributed by atoms with Crippen LogP contribution in [-0.4, -0.2) is 69.2 Å². The molecule has 1 aliphatic rings. The van der Waals surface area contributed by atoms with Crippen molar-refractivity contribution in [3.05, 3.63) is 71.0 Å². The molecule has 3 rings (SSSR count). The molecular formula is C25H37FIN5O. The molecule has 0 radical (unpaired) electrons. The van der Waals surface area contributed by atoms with Gasteiger partial charge in [-0.1, -0.05) is 36.4 Å². The molecule has 33 heavy (non-hydrogen) atoms. The number of halogens is 2. The molecule has 0 spiro atoms. The Morgan fingerprint density at radius 1 is 1.06 bits per heavy atom. The van der Waals surface area contributed by atoms with E-state index in [9.17, 15) is 4.39 Å². The maximum absolute atomic E-state index is 13.5. The molecule has 2 N–H and O–H groups in total. The van der Waals surface area contributed by atoms with Gasteiger partial charge in [-0.05, 0) is 49.8 Å². The summed E-state index contributed by atoms with van der Waals surface area (Å²) in [5.74, 6) is 0.571. The molecular weight excluding hydrogens is 532 g/mol. The molecule has 1 fully saturated rings. The molecule has 6 nitrogen and oxygen atoms in total. The van der Waals surface area contributed by atoms with Crippen LogP contribution in [0.25, 0.3) is 0 Å². The smallest absolute Gasteiger partial charge is 0.191 e. The standard InChI is InChI=1S/C25H36FN5O.HI/c1-4-27-25(28-17-21-7-5-6-8-22(21)19-30(2)3)29-18-24(31-13-15-32-16-14-31)20-9-11-23(26)12-10-20;/h5-12,24H,4,13-19H2,1-3H3,(H2,27,28,29);1H. The molecule has 2 aromatic rings. The number of morpholine rings is 1. The molecule has 1 saturated heterocycles. The van der Waals surface area contributed by atoms with Gasteiger partial charge in [0.05, 0.1) is 25.8 Å². The minimum Gasteiger partial charge on any atom is -0.379 e. The molecule has 0 saturated carbocycles. The minimum absolute atomic E-state index is 0. The third-order valence-corrected chi connectivity index (χ3v) is 5.56. The lowest BCUT2D eigenvalue weighted by Crippen LogP contribution is -2.46. The van der Waals surface area contributed by atoms with E-state index in [0.29, 0.717) is 26.3 Å². The van der Waals surface area contributed by atoms with Crippen LogP contribution in [0, 0.1) is 5.82 Å². The molecule has 1 atom stereocenters. The summed E-state index contributed by atoms with van der Waals surface area (Å²) in [4.78, 5) is 9.41. The maximum Gasteiger partial charge on any atom is 0.191 e. The van der Waals surface area contributed by atoms with E-state index in [1.165, 1.54) is 23.3 Å². The Kier molecular flexibility index (Phi) is 12.1. The first-order valence-corrected chi connectivity index (χ1v) is 11.4. The van der Waals surface area contributed by atoms with Crippen LogP contribution in [0.3, 0.4) is 0 Å². The lowest BCUT2D eigenvalue weighted by molar-refractivity contribution is 0.0170. The highest BCUT2D eigenvalue weighted by atomic mass is 127. The molecule has 0 amide bonds. The van der Waals surface area contributed by atoms with Crippen molar-refractivity contribution in [3.8, 4) is 0 Å². The van der Waals surface area contributed by atoms with Crippen LogP contribution < -0.4 is 10.6 Å². The predicted molar refractivity (Wildman–Crippen MR) is 144 cm³/mol. The Morgan fingerprint density at radius 2 is 1.73 bits per heavy atom. The van der Waals surface area contributed by atoms with Gasteiger partial charge in [0.2, 0.25) is 0 Å². The van der Waals surface area contributed by atoms with E-state index in [-0.39, 0.29) is 35.8 Å². The summed E-state index contributed by atoms with van der Waals surface area (Å²) in [7, 11) is 4.15. The SMILES string of the molecule is CCNC(=NCc1ccccc1CN(C)C)NCC(c1ccc(F)cc1)N1CCOCC1.I. The summed E-state index contributed by atoms with van der Waals surface area (Å²) in [6, 6.07) is 15.4. The normalized spacial score (nSPS) is 15.7. The van der Waals surface area contributed by atoms with Gasteiger partial charge in [-0.25, -0.2) is 9.38 Å². The van der Waals surface area contributed by atoms with Crippen LogP contribution in [0.4, 0.5) is 4.39 Å². The van der Waals surface area contributed by atoms with Crippen LogP contribution in [0.15, 0.2) is 53.5 Å². The Hall–Kier alpha value is -1.75. The summed E-state index contributed by atoms with van der Waals surface area (Å²) in [5.41, 5.74) is 3.60. The minimum atomic E-state index is -0.214. The molecule has 1 aliphatic heterocycles. The highest BCUT2D eigenvalue weighted by molar-refractivity contribution is 14.0. The van der Waals surface area contributed by atoms with Gasteiger partial charge in [0.25, 0.3) is 0 Å². The molecule has 0 bridgehead atoms. The van der Waals surface area contributed by atoms with Gasteiger partial charge < -0.3 is 20.3 Å². The molecule has 182 valence electrons. The van der Waals surface area contributed by atoms with Crippen molar-refractivity contribution < 1.29 is 9.13 Å². The number of aliphatic imine (C=N–C) groups is 1. The Balaban J connectivity index is 0.00000385. The topological polar surface area (TPSA) is 52.1 Å². The summed E-state index contributed by atoms with van der Waals surface area (Å²) in [6.07, 6.45) is 0. The quantitative estimate of drug-likeness (QED) is 0.275. The second kappa shape index (κ2) is 14.5. The third-order valence-electron chi connectivity index (χ3n) is 5.56. The highest BCUT2D eigenvalue weighted by Gasteiger charge is 2.23. The van der Waals surface area contributed by atoms with Crippen molar-refractivity contribution >= 4 is 29.9 Å². The monoisotopic (exact) mass is 569 g/mol. The average molecular weight is 570 g/mol. The van der Waals surface area contributed by atoms with E-state index in [1.807, 2.05) is 12.1 Å². The summed E-state index contributed by atoms with van der Waals surface area (Å²) >= 11 is 0. The number of guanidine groups is 1. The van der Waals surface area contributed by atoms with Gasteiger partial charge in [0, 0.05) is 32.7 Å². The van der Waals surface area contributed by atoms with Gasteiger partial charge in [-0.3, -0.25) is 4.90 Å². The number of hydrogen-bond donors (Lipinski definition) is 2. The Labute approximate surface area is 214 Å². The number of benzene rings is 2. The van der Waals surface area contributed by atoms with Crippen molar-refractivity contribution in [1.29, 1.82) is 0 Å². The van der Waals surface area contributed by atoms with Crippen LogP contribution in [0.5, 0.6) is 0 Å². The lowest BCUT2D eigenvalue weighted by Gasteiger charge is -2.35. The van der Waals surface area contributed by atoms with Gasteiger partial charge in [-0.2, -0.15) is 0 Å². The van der Waals surface area contributed by atoms with Crippen molar-refractivity contribution in [3.63, 3.8) is 0 Å². The van der Waals surface area contributed by atoms with Gasteiger partial charge in [0.1, 0.15) is 5.82 Å². The number of nitrogens with zero attached hydrogens (tertiary/aromatic N) is 3. The first-order chi connectivity index (χ1) is 15.6. The second-order valence-corrected chi connectivity index (χ2v) is 8.30. The van der Waals surface area contributed by atoms with E-state index in [0.717, 1.165) is 37.7 Å². The van der Waals surface area contributed by atoms with E-state index in [2.05, 4.69) is 65.7 Å². The van der Waals surface area contributed by atoms with E-state index < -0.39 is 0 Å².